The number of likely N-dealkylation sites (tertiary alicyclic amines) is 1. The van der Waals surface area contributed by atoms with E-state index in [1.165, 1.54) is 77.4 Å². The second-order valence-corrected chi connectivity index (χ2v) is 9.08. The van der Waals surface area contributed by atoms with Gasteiger partial charge in [-0.15, -0.1) is 0 Å². The van der Waals surface area contributed by atoms with E-state index in [0.717, 1.165) is 24.8 Å². The third-order valence-electron chi connectivity index (χ3n) is 7.11. The van der Waals surface area contributed by atoms with E-state index in [0.29, 0.717) is 11.0 Å². The maximum Gasteiger partial charge on any atom is 0.252 e. The van der Waals surface area contributed by atoms with Gasteiger partial charge in [0, 0.05) is 31.2 Å². The Morgan fingerprint density at radius 1 is 1.15 bits per heavy atom. The Labute approximate surface area is 163 Å². The number of pyridine rings is 1. The molecule has 27 heavy (non-hydrogen) atoms. The summed E-state index contributed by atoms with van der Waals surface area (Å²) in [6, 6.07) is 3.59. The molecule has 1 saturated carbocycles. The van der Waals surface area contributed by atoms with E-state index in [9.17, 15) is 4.79 Å². The quantitative estimate of drug-likeness (QED) is 0.862. The Morgan fingerprint density at radius 3 is 2.81 bits per heavy atom. The normalized spacial score (nSPS) is 27.3. The molecule has 3 aliphatic rings. The van der Waals surface area contributed by atoms with Crippen molar-refractivity contribution in [1.82, 2.24) is 9.88 Å². The molecular weight excluding hydrogens is 336 g/mol. The summed E-state index contributed by atoms with van der Waals surface area (Å²) in [6.07, 6.45) is 14.2. The fourth-order valence-corrected chi connectivity index (χ4v) is 5.63. The van der Waals surface area contributed by atoms with Crippen molar-refractivity contribution in [1.29, 1.82) is 0 Å². The fourth-order valence-electron chi connectivity index (χ4n) is 5.63. The lowest BCUT2D eigenvalue weighted by molar-refractivity contribution is 0.0969. The van der Waals surface area contributed by atoms with Crippen LogP contribution in [0.5, 0.6) is 0 Å². The van der Waals surface area contributed by atoms with Gasteiger partial charge in [0.05, 0.1) is 5.56 Å². The van der Waals surface area contributed by atoms with Gasteiger partial charge in [-0.2, -0.15) is 0 Å². The zero-order valence-corrected chi connectivity index (χ0v) is 16.5. The van der Waals surface area contributed by atoms with E-state index < -0.39 is 0 Å². The number of carbonyl (C=O) groups excluding carboxylic acids is 1. The van der Waals surface area contributed by atoms with Gasteiger partial charge in [0.1, 0.15) is 5.82 Å². The molecule has 2 aliphatic heterocycles. The van der Waals surface area contributed by atoms with Crippen LogP contribution < -0.4 is 10.6 Å². The minimum atomic E-state index is -0.378. The Balaban J connectivity index is 1.37. The number of hydrogen-bond acceptors (Lipinski definition) is 4. The zero-order chi connectivity index (χ0) is 18.7. The minimum Gasteiger partial charge on any atom is -0.365 e. The van der Waals surface area contributed by atoms with Crippen LogP contribution in [0.3, 0.4) is 0 Å². The summed E-state index contributed by atoms with van der Waals surface area (Å²) in [5.41, 5.74) is 6.48. The number of amides is 1. The lowest BCUT2D eigenvalue weighted by atomic mass is 9.79. The summed E-state index contributed by atoms with van der Waals surface area (Å²) in [6.45, 7) is 5.71. The molecule has 0 aromatic carbocycles. The molecule has 1 atom stereocenters. The van der Waals surface area contributed by atoms with Crippen LogP contribution in [0.1, 0.15) is 68.1 Å². The van der Waals surface area contributed by atoms with Gasteiger partial charge in [-0.25, -0.2) is 4.98 Å². The smallest absolute Gasteiger partial charge is 0.252 e. The Morgan fingerprint density at radius 2 is 2.00 bits per heavy atom. The monoisotopic (exact) mass is 370 g/mol. The number of nitrogens with two attached hydrogens (primary N) is 1. The highest BCUT2D eigenvalue weighted by Gasteiger charge is 2.42. The van der Waals surface area contributed by atoms with Crippen molar-refractivity contribution >= 4 is 11.7 Å². The first kappa shape index (κ1) is 18.7. The summed E-state index contributed by atoms with van der Waals surface area (Å²) in [7, 11) is 0. The Bertz CT molecular complexity index is 657. The molecule has 3 heterocycles. The molecule has 2 saturated heterocycles. The van der Waals surface area contributed by atoms with Crippen molar-refractivity contribution in [3.63, 3.8) is 0 Å². The van der Waals surface area contributed by atoms with E-state index in [1.807, 2.05) is 0 Å². The lowest BCUT2D eigenvalue weighted by Crippen LogP contribution is -2.45. The molecule has 0 radical (unpaired) electrons. The third kappa shape index (κ3) is 4.29. The van der Waals surface area contributed by atoms with Crippen molar-refractivity contribution in [2.24, 2.45) is 17.1 Å². The summed E-state index contributed by atoms with van der Waals surface area (Å²) in [5.74, 6) is 1.36. The predicted molar refractivity (Wildman–Crippen MR) is 109 cm³/mol. The molecule has 1 spiro atoms. The van der Waals surface area contributed by atoms with Crippen molar-refractivity contribution in [2.75, 3.05) is 37.6 Å². The number of anilines is 1. The second kappa shape index (κ2) is 8.17. The van der Waals surface area contributed by atoms with Gasteiger partial charge in [0.15, 0.2) is 0 Å². The van der Waals surface area contributed by atoms with E-state index in [4.69, 9.17) is 5.73 Å². The maximum atomic E-state index is 11.8. The molecule has 3 fully saturated rings. The van der Waals surface area contributed by atoms with E-state index in [1.54, 1.807) is 18.3 Å². The molecular formula is C22H34N4O. The van der Waals surface area contributed by atoms with Crippen LogP contribution in [0.2, 0.25) is 0 Å². The van der Waals surface area contributed by atoms with Crippen LogP contribution in [-0.2, 0) is 0 Å². The topological polar surface area (TPSA) is 62.5 Å². The first-order chi connectivity index (χ1) is 13.2. The standard InChI is InChI=1S/C22H34N4O/c23-20(27)19-8-4-12-24-21(19)26-15-11-22(17-26)10-5-13-25(16-22)14-9-18-6-2-1-3-7-18/h4,8,12,18H,1-3,5-7,9-11,13-17H2,(H2,23,27). The highest BCUT2D eigenvalue weighted by atomic mass is 16.1. The average molecular weight is 371 g/mol. The Kier molecular flexibility index (Phi) is 5.67. The van der Waals surface area contributed by atoms with Crippen molar-refractivity contribution in [3.8, 4) is 0 Å². The predicted octanol–water partition coefficient (Wildman–Crippen LogP) is 3.44. The second-order valence-electron chi connectivity index (χ2n) is 9.08. The van der Waals surface area contributed by atoms with Gasteiger partial charge in [-0.1, -0.05) is 32.1 Å². The Hall–Kier alpha value is -1.62. The summed E-state index contributed by atoms with van der Waals surface area (Å²) < 4.78 is 0. The number of primary amides is 1. The van der Waals surface area contributed by atoms with Gasteiger partial charge < -0.3 is 15.5 Å². The molecule has 4 rings (SSSR count). The van der Waals surface area contributed by atoms with Crippen LogP contribution >= 0.6 is 0 Å². The number of rotatable bonds is 5. The van der Waals surface area contributed by atoms with Gasteiger partial charge in [-0.05, 0) is 56.8 Å². The molecule has 1 aromatic rings. The highest BCUT2D eigenvalue weighted by Crippen LogP contribution is 2.41. The van der Waals surface area contributed by atoms with Gasteiger partial charge in [-0.3, -0.25) is 4.79 Å². The highest BCUT2D eigenvalue weighted by molar-refractivity contribution is 5.97. The molecule has 5 nitrogen and oxygen atoms in total. The zero-order valence-electron chi connectivity index (χ0n) is 16.5. The number of aromatic nitrogens is 1. The van der Waals surface area contributed by atoms with Crippen LogP contribution in [-0.4, -0.2) is 48.5 Å². The van der Waals surface area contributed by atoms with Crippen LogP contribution in [0, 0.1) is 11.3 Å². The fraction of sp³-hybridized carbons (Fsp3) is 0.727. The average Bonchev–Trinajstić information content (AvgIpc) is 3.10. The molecule has 0 bridgehead atoms. The minimum absolute atomic E-state index is 0.358. The molecule has 1 unspecified atom stereocenters. The van der Waals surface area contributed by atoms with Crippen LogP contribution in [0.25, 0.3) is 0 Å². The largest absolute Gasteiger partial charge is 0.365 e. The molecule has 5 heteroatoms. The summed E-state index contributed by atoms with van der Waals surface area (Å²) in [4.78, 5) is 21.3. The number of piperidine rings is 1. The van der Waals surface area contributed by atoms with Crippen molar-refractivity contribution in [3.05, 3.63) is 23.9 Å². The van der Waals surface area contributed by atoms with E-state index >= 15 is 0 Å². The maximum absolute atomic E-state index is 11.8. The lowest BCUT2D eigenvalue weighted by Gasteiger charge is -2.41. The molecule has 1 aliphatic carbocycles. The van der Waals surface area contributed by atoms with E-state index in [-0.39, 0.29) is 5.91 Å². The number of hydrogen-bond donors (Lipinski definition) is 1. The molecule has 1 aromatic heterocycles. The third-order valence-corrected chi connectivity index (χ3v) is 7.11. The summed E-state index contributed by atoms with van der Waals surface area (Å²) >= 11 is 0. The number of carbonyl (C=O) groups is 1. The van der Waals surface area contributed by atoms with Crippen molar-refractivity contribution < 1.29 is 4.79 Å². The van der Waals surface area contributed by atoms with Gasteiger partial charge in [0.2, 0.25) is 0 Å². The van der Waals surface area contributed by atoms with E-state index in [2.05, 4.69) is 14.8 Å². The molecule has 1 amide bonds. The van der Waals surface area contributed by atoms with Gasteiger partial charge in [0.25, 0.3) is 5.91 Å². The SMILES string of the molecule is NC(=O)c1cccnc1N1CCC2(CCCN(CCC3CCCCC3)C2)C1. The first-order valence-corrected chi connectivity index (χ1v) is 10.9. The molecule has 2 N–H and O–H groups in total. The van der Waals surface area contributed by atoms with Crippen LogP contribution in [0.4, 0.5) is 5.82 Å². The van der Waals surface area contributed by atoms with Crippen LogP contribution in [0.15, 0.2) is 18.3 Å². The first-order valence-electron chi connectivity index (χ1n) is 10.9. The summed E-state index contributed by atoms with van der Waals surface area (Å²) in [5, 5.41) is 0. The number of nitrogens with zero attached hydrogens (tertiary/aromatic N) is 3. The molecule has 148 valence electrons. The van der Waals surface area contributed by atoms with Gasteiger partial charge >= 0.3 is 0 Å². The van der Waals surface area contributed by atoms with Crippen molar-refractivity contribution in [2.45, 2.75) is 57.8 Å².